The highest BCUT2D eigenvalue weighted by molar-refractivity contribution is 6.25. The van der Waals surface area contributed by atoms with Gasteiger partial charge in [-0.05, 0) is 79.3 Å². The Balaban J connectivity index is 1.34. The van der Waals surface area contributed by atoms with Crippen molar-refractivity contribution in [3.8, 4) is 0 Å². The number of anilines is 2. The number of imide groups is 1. The molecule has 1 saturated heterocycles. The molecule has 5 heteroatoms. The van der Waals surface area contributed by atoms with E-state index in [1.54, 1.807) is 24.3 Å². The molecule has 2 aromatic rings. The zero-order valence-electron chi connectivity index (χ0n) is 17.5. The summed E-state index contributed by atoms with van der Waals surface area (Å²) in [5.41, 5.74) is 3.66. The van der Waals surface area contributed by atoms with Crippen LogP contribution in [0.3, 0.4) is 0 Å². The summed E-state index contributed by atoms with van der Waals surface area (Å²) in [5, 5.41) is 2.93. The van der Waals surface area contributed by atoms with Crippen LogP contribution in [0.2, 0.25) is 0 Å². The van der Waals surface area contributed by atoms with E-state index in [1.807, 2.05) is 32.0 Å². The lowest BCUT2D eigenvalue weighted by atomic mass is 9.63. The van der Waals surface area contributed by atoms with Gasteiger partial charge >= 0.3 is 0 Å². The number of hydrogen-bond donors (Lipinski definition) is 1. The molecule has 1 aliphatic heterocycles. The smallest absolute Gasteiger partial charge is 0.257 e. The quantitative estimate of drug-likeness (QED) is 0.609. The van der Waals surface area contributed by atoms with Crippen molar-refractivity contribution in [1.82, 2.24) is 0 Å². The number of hydrogen-bond acceptors (Lipinski definition) is 3. The maximum absolute atomic E-state index is 13.5. The van der Waals surface area contributed by atoms with Crippen LogP contribution in [0.5, 0.6) is 0 Å². The molecule has 2 aromatic carbocycles. The molecule has 3 fully saturated rings. The SMILES string of the molecule is Cc1ccc(NC(=O)c2ccccc2N2C(=O)[C@@H]3[C@@H]4C=C[C@@H]([C@H]5C[C@@H]45)[C@@H]3C2=O)cc1C. The maximum atomic E-state index is 13.5. The molecular weight excluding hydrogens is 388 g/mol. The summed E-state index contributed by atoms with van der Waals surface area (Å²) in [6.07, 6.45) is 5.45. The Hall–Kier alpha value is -3.21. The molecule has 7 rings (SSSR count). The van der Waals surface area contributed by atoms with Gasteiger partial charge in [-0.2, -0.15) is 0 Å². The Morgan fingerprint density at radius 2 is 1.55 bits per heavy atom. The Kier molecular flexibility index (Phi) is 3.83. The van der Waals surface area contributed by atoms with Crippen LogP contribution >= 0.6 is 0 Å². The van der Waals surface area contributed by atoms with Gasteiger partial charge in [-0.25, -0.2) is 4.90 Å². The molecule has 0 spiro atoms. The topological polar surface area (TPSA) is 66.5 Å². The zero-order valence-corrected chi connectivity index (χ0v) is 17.5. The van der Waals surface area contributed by atoms with Crippen LogP contribution in [0.1, 0.15) is 27.9 Å². The minimum atomic E-state index is -0.321. The van der Waals surface area contributed by atoms with Crippen LogP contribution < -0.4 is 10.2 Å². The third kappa shape index (κ3) is 2.59. The van der Waals surface area contributed by atoms with Crippen molar-refractivity contribution in [2.45, 2.75) is 20.3 Å². The Morgan fingerprint density at radius 3 is 2.19 bits per heavy atom. The normalized spacial score (nSPS) is 32.1. The molecule has 4 aliphatic carbocycles. The van der Waals surface area contributed by atoms with Gasteiger partial charge in [-0.3, -0.25) is 14.4 Å². The summed E-state index contributed by atoms with van der Waals surface area (Å²) in [6, 6.07) is 12.7. The highest BCUT2D eigenvalue weighted by atomic mass is 16.2. The number of rotatable bonds is 3. The highest BCUT2D eigenvalue weighted by Crippen LogP contribution is 2.65. The minimum Gasteiger partial charge on any atom is -0.322 e. The monoisotopic (exact) mass is 412 g/mol. The number of allylic oxidation sites excluding steroid dienone is 2. The average molecular weight is 412 g/mol. The fourth-order valence-corrected chi connectivity index (χ4v) is 6.07. The lowest BCUT2D eigenvalue weighted by molar-refractivity contribution is -0.124. The third-order valence-corrected chi connectivity index (χ3v) is 7.82. The summed E-state index contributed by atoms with van der Waals surface area (Å²) in [7, 11) is 0. The van der Waals surface area contributed by atoms with Crippen molar-refractivity contribution >= 4 is 29.1 Å². The van der Waals surface area contributed by atoms with Crippen molar-refractivity contribution in [2.24, 2.45) is 35.5 Å². The summed E-state index contributed by atoms with van der Waals surface area (Å²) in [4.78, 5) is 41.4. The van der Waals surface area contributed by atoms with Gasteiger partial charge in [0.15, 0.2) is 0 Å². The van der Waals surface area contributed by atoms with Gasteiger partial charge in [0.2, 0.25) is 11.8 Å². The highest BCUT2D eigenvalue weighted by Gasteiger charge is 2.67. The minimum absolute atomic E-state index is 0.147. The van der Waals surface area contributed by atoms with Crippen molar-refractivity contribution < 1.29 is 14.4 Å². The number of nitrogens with one attached hydrogen (secondary N) is 1. The molecular formula is C26H24N2O3. The van der Waals surface area contributed by atoms with Crippen molar-refractivity contribution in [3.63, 3.8) is 0 Å². The zero-order chi connectivity index (χ0) is 21.4. The van der Waals surface area contributed by atoms with E-state index in [2.05, 4.69) is 17.5 Å². The molecule has 5 aliphatic rings. The number of aryl methyl sites for hydroxylation is 2. The molecule has 5 nitrogen and oxygen atoms in total. The summed E-state index contributed by atoms with van der Waals surface area (Å²) < 4.78 is 0. The number of para-hydroxylation sites is 1. The lowest BCUT2D eigenvalue weighted by Crippen LogP contribution is -2.40. The molecule has 2 bridgehead atoms. The van der Waals surface area contributed by atoms with Crippen LogP contribution in [0, 0.1) is 49.4 Å². The Bertz CT molecular complexity index is 1150. The van der Waals surface area contributed by atoms with Crippen LogP contribution in [0.25, 0.3) is 0 Å². The first kappa shape index (κ1) is 18.6. The van der Waals surface area contributed by atoms with Gasteiger partial charge in [-0.1, -0.05) is 30.4 Å². The molecule has 156 valence electrons. The van der Waals surface area contributed by atoms with Gasteiger partial charge in [0.05, 0.1) is 23.1 Å². The van der Waals surface area contributed by atoms with E-state index in [0.717, 1.165) is 17.5 Å². The number of benzene rings is 2. The molecule has 6 atom stereocenters. The predicted octanol–water partition coefficient (Wildman–Crippen LogP) is 4.11. The van der Waals surface area contributed by atoms with E-state index in [4.69, 9.17) is 0 Å². The molecule has 1 heterocycles. The van der Waals surface area contributed by atoms with E-state index >= 15 is 0 Å². The molecule has 0 aromatic heterocycles. The number of carbonyl (C=O) groups excluding carboxylic acids is 3. The number of carbonyl (C=O) groups is 3. The predicted molar refractivity (Wildman–Crippen MR) is 118 cm³/mol. The number of amides is 3. The van der Waals surface area contributed by atoms with Gasteiger partial charge in [0.1, 0.15) is 0 Å². The molecule has 2 saturated carbocycles. The van der Waals surface area contributed by atoms with E-state index in [-0.39, 0.29) is 41.4 Å². The van der Waals surface area contributed by atoms with Gasteiger partial charge < -0.3 is 5.32 Å². The van der Waals surface area contributed by atoms with Gasteiger partial charge in [-0.15, -0.1) is 0 Å². The average Bonchev–Trinajstić information content (AvgIpc) is 3.54. The second-order valence-electron chi connectivity index (χ2n) is 9.44. The molecule has 0 unspecified atom stereocenters. The second-order valence-corrected chi connectivity index (χ2v) is 9.44. The van der Waals surface area contributed by atoms with Crippen LogP contribution in [0.4, 0.5) is 11.4 Å². The molecule has 0 radical (unpaired) electrons. The Labute approximate surface area is 181 Å². The lowest BCUT2D eigenvalue weighted by Gasteiger charge is -2.37. The van der Waals surface area contributed by atoms with Crippen molar-refractivity contribution in [2.75, 3.05) is 10.2 Å². The van der Waals surface area contributed by atoms with Crippen LogP contribution in [-0.2, 0) is 9.59 Å². The third-order valence-electron chi connectivity index (χ3n) is 7.82. The first-order valence-corrected chi connectivity index (χ1v) is 11.0. The fourth-order valence-electron chi connectivity index (χ4n) is 6.07. The standard InChI is InChI=1S/C26H24N2O3/c1-13-7-8-15(11-14(13)2)27-24(29)18-5-3-4-6-21(18)28-25(30)22-16-9-10-17(20-12-19(16)20)23(22)26(28)31/h3-11,16-17,19-20,22-23H,12H2,1-2H3,(H,27,29)/t16-,17+,19+,20-,22-,23+. The first-order valence-electron chi connectivity index (χ1n) is 11.0. The summed E-state index contributed by atoms with van der Waals surface area (Å²) >= 11 is 0. The summed E-state index contributed by atoms with van der Waals surface area (Å²) in [5.74, 6) is 0.267. The summed E-state index contributed by atoms with van der Waals surface area (Å²) in [6.45, 7) is 4.02. The molecule has 3 amide bonds. The first-order chi connectivity index (χ1) is 15.0. The van der Waals surface area contributed by atoms with E-state index in [9.17, 15) is 14.4 Å². The van der Waals surface area contributed by atoms with Gasteiger partial charge in [0.25, 0.3) is 5.91 Å². The Morgan fingerprint density at radius 1 is 0.903 bits per heavy atom. The van der Waals surface area contributed by atoms with Crippen LogP contribution in [0.15, 0.2) is 54.6 Å². The fraction of sp³-hybridized carbons (Fsp3) is 0.346. The van der Waals surface area contributed by atoms with E-state index in [0.29, 0.717) is 28.8 Å². The van der Waals surface area contributed by atoms with Crippen LogP contribution in [-0.4, -0.2) is 17.7 Å². The van der Waals surface area contributed by atoms with Crippen molar-refractivity contribution in [1.29, 1.82) is 0 Å². The second kappa shape index (κ2) is 6.39. The largest absolute Gasteiger partial charge is 0.322 e. The van der Waals surface area contributed by atoms with Crippen molar-refractivity contribution in [3.05, 3.63) is 71.3 Å². The van der Waals surface area contributed by atoms with E-state index in [1.165, 1.54) is 4.90 Å². The molecule has 31 heavy (non-hydrogen) atoms. The number of nitrogens with zero attached hydrogens (tertiary/aromatic N) is 1. The van der Waals surface area contributed by atoms with E-state index < -0.39 is 0 Å². The maximum Gasteiger partial charge on any atom is 0.257 e. The molecule has 1 N–H and O–H groups in total. The van der Waals surface area contributed by atoms with Gasteiger partial charge in [0, 0.05) is 5.69 Å².